The molecule has 0 aliphatic heterocycles. The standard InChI is InChI=1S/C8H7BrCl/c9-6-5-7-1-3-8(10)4-2-7/h1-5H,6H2. The molecule has 0 amide bonds. The van der Waals surface area contributed by atoms with E-state index in [2.05, 4.69) is 22.4 Å². The van der Waals surface area contributed by atoms with Gasteiger partial charge in [-0.1, -0.05) is 39.7 Å². The van der Waals surface area contributed by atoms with Crippen molar-refractivity contribution in [1.29, 1.82) is 0 Å². The molecule has 53 valence electrons. The minimum atomic E-state index is 0.784. The Balaban J connectivity index is 2.69. The van der Waals surface area contributed by atoms with Crippen molar-refractivity contribution in [3.05, 3.63) is 41.3 Å². The van der Waals surface area contributed by atoms with E-state index in [1.165, 1.54) is 5.56 Å². The Kier molecular flexibility index (Phi) is 3.23. The van der Waals surface area contributed by atoms with E-state index in [-0.39, 0.29) is 0 Å². The predicted octanol–water partition coefficient (Wildman–Crippen LogP) is 3.29. The molecule has 1 aromatic carbocycles. The summed E-state index contributed by atoms with van der Waals surface area (Å²) in [5.74, 6) is 0. The Morgan fingerprint density at radius 3 is 2.40 bits per heavy atom. The van der Waals surface area contributed by atoms with Crippen LogP contribution < -0.4 is 0 Å². The smallest absolute Gasteiger partial charge is 0.0406 e. The molecule has 1 radical (unpaired) electrons. The van der Waals surface area contributed by atoms with Gasteiger partial charge in [-0.15, -0.1) is 0 Å². The Hall–Kier alpha value is -0.0100. The molecule has 0 fully saturated rings. The Morgan fingerprint density at radius 2 is 1.90 bits per heavy atom. The highest BCUT2D eigenvalue weighted by molar-refractivity contribution is 9.09. The van der Waals surface area contributed by atoms with Gasteiger partial charge in [0, 0.05) is 16.8 Å². The van der Waals surface area contributed by atoms with Crippen LogP contribution in [0.3, 0.4) is 0 Å². The molecular weight excluding hydrogens is 211 g/mol. The molecule has 1 rings (SSSR count). The summed E-state index contributed by atoms with van der Waals surface area (Å²) in [5.41, 5.74) is 1.20. The zero-order chi connectivity index (χ0) is 7.40. The van der Waals surface area contributed by atoms with Crippen molar-refractivity contribution < 1.29 is 0 Å². The third-order valence-electron chi connectivity index (χ3n) is 1.18. The zero-order valence-corrected chi connectivity index (χ0v) is 7.69. The number of halogens is 2. The van der Waals surface area contributed by atoms with E-state index in [1.807, 2.05) is 24.3 Å². The van der Waals surface area contributed by atoms with Crippen molar-refractivity contribution in [3.63, 3.8) is 0 Å². The molecule has 1 aromatic rings. The maximum absolute atomic E-state index is 5.69. The van der Waals surface area contributed by atoms with Gasteiger partial charge in [-0.3, -0.25) is 0 Å². The van der Waals surface area contributed by atoms with Crippen LogP contribution in [-0.2, 0) is 0 Å². The molecule has 0 nitrogen and oxygen atoms in total. The summed E-state index contributed by atoms with van der Waals surface area (Å²) in [6.45, 7) is 0. The minimum Gasteiger partial charge on any atom is -0.0921 e. The van der Waals surface area contributed by atoms with Gasteiger partial charge in [0.1, 0.15) is 0 Å². The lowest BCUT2D eigenvalue weighted by molar-refractivity contribution is 1.45. The lowest BCUT2D eigenvalue weighted by atomic mass is 10.2. The second-order valence-electron chi connectivity index (χ2n) is 1.91. The van der Waals surface area contributed by atoms with Crippen molar-refractivity contribution in [2.45, 2.75) is 0 Å². The van der Waals surface area contributed by atoms with E-state index < -0.39 is 0 Å². The second-order valence-corrected chi connectivity index (χ2v) is 2.99. The van der Waals surface area contributed by atoms with Gasteiger partial charge in [0.25, 0.3) is 0 Å². The van der Waals surface area contributed by atoms with E-state index >= 15 is 0 Å². The van der Waals surface area contributed by atoms with Gasteiger partial charge < -0.3 is 0 Å². The summed E-state index contributed by atoms with van der Waals surface area (Å²) in [6, 6.07) is 7.75. The third-order valence-corrected chi connectivity index (χ3v) is 1.76. The quantitative estimate of drug-likeness (QED) is 0.668. The van der Waals surface area contributed by atoms with Gasteiger partial charge in [0.05, 0.1) is 0 Å². The van der Waals surface area contributed by atoms with Crippen LogP contribution >= 0.6 is 27.5 Å². The van der Waals surface area contributed by atoms with E-state index in [0.29, 0.717) is 0 Å². The van der Waals surface area contributed by atoms with Crippen molar-refractivity contribution in [1.82, 2.24) is 0 Å². The van der Waals surface area contributed by atoms with Gasteiger partial charge >= 0.3 is 0 Å². The number of alkyl halides is 1. The first-order valence-electron chi connectivity index (χ1n) is 2.97. The maximum atomic E-state index is 5.69. The summed E-state index contributed by atoms with van der Waals surface area (Å²) < 4.78 is 0. The first-order valence-corrected chi connectivity index (χ1v) is 4.47. The fourth-order valence-corrected chi connectivity index (χ4v) is 1.19. The maximum Gasteiger partial charge on any atom is 0.0406 e. The Morgan fingerprint density at radius 1 is 1.30 bits per heavy atom. The molecule has 0 heterocycles. The van der Waals surface area contributed by atoms with Crippen LogP contribution in [0.2, 0.25) is 5.02 Å². The summed E-state index contributed by atoms with van der Waals surface area (Å²) in [4.78, 5) is 0. The van der Waals surface area contributed by atoms with Crippen LogP contribution in [-0.4, -0.2) is 5.33 Å². The molecule has 2 heteroatoms. The molecule has 0 spiro atoms. The lowest BCUT2D eigenvalue weighted by Crippen LogP contribution is -1.79. The average molecular weight is 219 g/mol. The number of benzene rings is 1. The second kappa shape index (κ2) is 3.99. The summed E-state index contributed by atoms with van der Waals surface area (Å²) >= 11 is 9.00. The molecule has 0 saturated carbocycles. The van der Waals surface area contributed by atoms with E-state index in [0.717, 1.165) is 10.4 Å². The van der Waals surface area contributed by atoms with Gasteiger partial charge in [-0.05, 0) is 17.7 Å². The fourth-order valence-electron chi connectivity index (χ4n) is 0.688. The molecule has 0 aliphatic rings. The molecule has 0 N–H and O–H groups in total. The Labute approximate surface area is 74.3 Å². The van der Waals surface area contributed by atoms with Gasteiger partial charge in [0.15, 0.2) is 0 Å². The number of hydrogen-bond acceptors (Lipinski definition) is 0. The normalized spacial score (nSPS) is 9.80. The fraction of sp³-hybridized carbons (Fsp3) is 0.125. The highest BCUT2D eigenvalue weighted by Gasteiger charge is 1.90. The third kappa shape index (κ3) is 2.31. The van der Waals surface area contributed by atoms with Gasteiger partial charge in [-0.2, -0.15) is 0 Å². The molecule has 0 saturated heterocycles. The topological polar surface area (TPSA) is 0 Å². The molecule has 0 aliphatic carbocycles. The van der Waals surface area contributed by atoms with Crippen LogP contribution in [0, 0.1) is 6.42 Å². The average Bonchev–Trinajstić information content (AvgIpc) is 1.95. The molecule has 0 aromatic heterocycles. The highest BCUT2D eigenvalue weighted by Crippen LogP contribution is 2.11. The van der Waals surface area contributed by atoms with Gasteiger partial charge in [-0.25, -0.2) is 0 Å². The first-order chi connectivity index (χ1) is 4.83. The first kappa shape index (κ1) is 8.09. The summed E-state index contributed by atoms with van der Waals surface area (Å²) in [7, 11) is 0. The van der Waals surface area contributed by atoms with Gasteiger partial charge in [0.2, 0.25) is 0 Å². The zero-order valence-electron chi connectivity index (χ0n) is 5.35. The number of rotatable bonds is 2. The Bertz CT molecular complexity index is 193. The van der Waals surface area contributed by atoms with Crippen molar-refractivity contribution in [2.75, 3.05) is 5.33 Å². The minimum absolute atomic E-state index is 0.784. The molecule has 10 heavy (non-hydrogen) atoms. The van der Waals surface area contributed by atoms with Crippen LogP contribution in [0.15, 0.2) is 24.3 Å². The van der Waals surface area contributed by atoms with E-state index in [4.69, 9.17) is 11.6 Å². The van der Waals surface area contributed by atoms with Crippen LogP contribution in [0.4, 0.5) is 0 Å². The van der Waals surface area contributed by atoms with E-state index in [9.17, 15) is 0 Å². The molecular formula is C8H7BrCl. The molecule has 0 unspecified atom stereocenters. The van der Waals surface area contributed by atoms with E-state index in [1.54, 1.807) is 0 Å². The number of hydrogen-bond donors (Lipinski definition) is 0. The SMILES string of the molecule is Clc1ccc([CH]CBr)cc1. The predicted molar refractivity (Wildman–Crippen MR) is 48.6 cm³/mol. The van der Waals surface area contributed by atoms with Crippen molar-refractivity contribution in [2.24, 2.45) is 0 Å². The highest BCUT2D eigenvalue weighted by atomic mass is 79.9. The van der Waals surface area contributed by atoms with Crippen LogP contribution in [0.5, 0.6) is 0 Å². The summed E-state index contributed by atoms with van der Waals surface area (Å²) in [6.07, 6.45) is 2.08. The monoisotopic (exact) mass is 217 g/mol. The molecule has 0 atom stereocenters. The summed E-state index contributed by atoms with van der Waals surface area (Å²) in [5, 5.41) is 1.67. The van der Waals surface area contributed by atoms with Crippen molar-refractivity contribution >= 4 is 27.5 Å². The lowest BCUT2D eigenvalue weighted by Gasteiger charge is -1.95. The van der Waals surface area contributed by atoms with Crippen LogP contribution in [0.1, 0.15) is 5.56 Å². The van der Waals surface area contributed by atoms with Crippen molar-refractivity contribution in [3.8, 4) is 0 Å². The van der Waals surface area contributed by atoms with Crippen LogP contribution in [0.25, 0.3) is 0 Å². The molecule has 0 bridgehead atoms. The largest absolute Gasteiger partial charge is 0.0921 e.